The first-order chi connectivity index (χ1) is 11.2. The Balaban J connectivity index is 1.65. The first-order valence-corrected chi connectivity index (χ1v) is 8.74. The average Bonchev–Trinajstić information content (AvgIpc) is 2.62. The maximum atomic E-state index is 12.1. The quantitative estimate of drug-likeness (QED) is 0.632. The second-order valence-electron chi connectivity index (χ2n) is 7.33. The van der Waals surface area contributed by atoms with Crippen molar-refractivity contribution in [2.45, 2.75) is 43.9 Å². The number of aromatic nitrogens is 1. The van der Waals surface area contributed by atoms with Crippen molar-refractivity contribution < 1.29 is 9.47 Å². The minimum absolute atomic E-state index is 0.0159. The normalized spacial score (nSPS) is 38.3. The van der Waals surface area contributed by atoms with Gasteiger partial charge in [0.15, 0.2) is 6.20 Å². The number of pyridine rings is 1. The Kier molecular flexibility index (Phi) is 2.80. The SMILES string of the molecule is CCC12CN3CCC1CC3[C@H](c1cc[n+]([O-])c3ccccc13)O2. The van der Waals surface area contributed by atoms with Gasteiger partial charge in [-0.25, -0.2) is 0 Å². The maximum Gasteiger partial charge on any atom is 0.224 e. The fraction of sp³-hybridized carbons (Fsp3) is 0.526. The lowest BCUT2D eigenvalue weighted by Crippen LogP contribution is -2.70. The minimum Gasteiger partial charge on any atom is -0.618 e. The summed E-state index contributed by atoms with van der Waals surface area (Å²) in [5.74, 6) is 0.707. The molecular weight excluding hydrogens is 288 g/mol. The lowest BCUT2D eigenvalue weighted by Gasteiger charge is -2.64. The highest BCUT2D eigenvalue weighted by Gasteiger charge is 2.58. The van der Waals surface area contributed by atoms with Crippen LogP contribution in [-0.4, -0.2) is 29.6 Å². The smallest absolute Gasteiger partial charge is 0.224 e. The molecule has 4 bridgehead atoms. The van der Waals surface area contributed by atoms with Crippen molar-refractivity contribution in [2.75, 3.05) is 13.1 Å². The van der Waals surface area contributed by atoms with Crippen molar-refractivity contribution in [1.82, 2.24) is 4.90 Å². The largest absolute Gasteiger partial charge is 0.618 e. The lowest BCUT2D eigenvalue weighted by molar-refractivity contribution is -0.577. The zero-order valence-electron chi connectivity index (χ0n) is 13.4. The van der Waals surface area contributed by atoms with E-state index in [0.29, 0.717) is 12.0 Å². The molecule has 0 saturated carbocycles. The minimum atomic E-state index is 0.0159. The summed E-state index contributed by atoms with van der Waals surface area (Å²) in [6, 6.07) is 10.3. The molecule has 1 aromatic heterocycles. The van der Waals surface area contributed by atoms with Gasteiger partial charge in [-0.05, 0) is 37.8 Å². The summed E-state index contributed by atoms with van der Waals surface area (Å²) in [7, 11) is 0. The van der Waals surface area contributed by atoms with Crippen molar-refractivity contribution in [2.24, 2.45) is 5.92 Å². The summed E-state index contributed by atoms with van der Waals surface area (Å²) in [5, 5.41) is 13.1. The third-order valence-electron chi connectivity index (χ3n) is 6.43. The zero-order chi connectivity index (χ0) is 15.6. The average molecular weight is 310 g/mol. The highest BCUT2D eigenvalue weighted by molar-refractivity contribution is 5.80. The monoisotopic (exact) mass is 310 g/mol. The van der Waals surface area contributed by atoms with E-state index in [-0.39, 0.29) is 11.7 Å². The van der Waals surface area contributed by atoms with E-state index in [0.717, 1.165) is 28.6 Å². The van der Waals surface area contributed by atoms with Gasteiger partial charge in [0, 0.05) is 30.3 Å². The molecule has 0 spiro atoms. The van der Waals surface area contributed by atoms with E-state index in [9.17, 15) is 5.21 Å². The molecule has 5 aliphatic heterocycles. The molecule has 0 radical (unpaired) electrons. The van der Waals surface area contributed by atoms with Gasteiger partial charge in [0.05, 0.1) is 17.1 Å². The van der Waals surface area contributed by atoms with E-state index < -0.39 is 0 Å². The van der Waals surface area contributed by atoms with Gasteiger partial charge in [-0.1, -0.05) is 19.1 Å². The molecule has 7 rings (SSSR count). The van der Waals surface area contributed by atoms with Gasteiger partial charge in [-0.2, -0.15) is 4.73 Å². The highest BCUT2D eigenvalue weighted by Crippen LogP contribution is 2.54. The van der Waals surface area contributed by atoms with Crippen LogP contribution in [0.3, 0.4) is 0 Å². The first-order valence-electron chi connectivity index (χ1n) is 8.74. The van der Waals surface area contributed by atoms with E-state index in [2.05, 4.69) is 17.9 Å². The molecule has 5 atom stereocenters. The fourth-order valence-electron chi connectivity index (χ4n) is 5.20. The van der Waals surface area contributed by atoms with E-state index >= 15 is 0 Å². The molecule has 2 aromatic rings. The second-order valence-corrected chi connectivity index (χ2v) is 7.33. The number of benzene rings is 1. The van der Waals surface area contributed by atoms with Crippen LogP contribution >= 0.6 is 0 Å². The molecule has 23 heavy (non-hydrogen) atoms. The van der Waals surface area contributed by atoms with E-state index in [4.69, 9.17) is 4.74 Å². The Hall–Kier alpha value is -1.65. The molecule has 1 aromatic carbocycles. The van der Waals surface area contributed by atoms with Gasteiger partial charge in [-0.3, -0.25) is 4.90 Å². The third-order valence-corrected chi connectivity index (χ3v) is 6.43. The first kappa shape index (κ1) is 13.8. The number of rotatable bonds is 2. The number of ether oxygens (including phenoxy) is 1. The predicted octanol–water partition coefficient (Wildman–Crippen LogP) is 2.79. The van der Waals surface area contributed by atoms with E-state index in [1.54, 1.807) is 6.20 Å². The van der Waals surface area contributed by atoms with Crippen molar-refractivity contribution in [3.8, 4) is 0 Å². The molecule has 5 fully saturated rings. The van der Waals surface area contributed by atoms with Crippen LogP contribution in [0.5, 0.6) is 0 Å². The predicted molar refractivity (Wildman–Crippen MR) is 87.8 cm³/mol. The standard InChI is InChI=1S/C19H22N2O2/c1-2-19-12-20-9-7-13(19)11-17(20)18(23-19)15-8-10-21(22)16-6-4-3-5-14(15)16/h3-6,8,10,13,17-18H,2,7,9,11-12H2,1H3/t13?,17?,18-,19?/m0/s1. The Morgan fingerprint density at radius 1 is 1.35 bits per heavy atom. The van der Waals surface area contributed by atoms with Gasteiger partial charge in [0.2, 0.25) is 5.52 Å². The molecule has 0 N–H and O–H groups in total. The summed E-state index contributed by atoms with van der Waals surface area (Å²) in [6.45, 7) is 4.54. The van der Waals surface area contributed by atoms with E-state index in [1.807, 2.05) is 24.3 Å². The van der Waals surface area contributed by atoms with Crippen LogP contribution in [0.15, 0.2) is 36.5 Å². The van der Waals surface area contributed by atoms with E-state index in [1.165, 1.54) is 24.9 Å². The molecule has 0 aliphatic carbocycles. The molecule has 4 nitrogen and oxygen atoms in total. The van der Waals surface area contributed by atoms with Crippen LogP contribution in [0.1, 0.15) is 37.9 Å². The molecular formula is C19H22N2O2. The number of morpholine rings is 1. The Morgan fingerprint density at radius 2 is 2.22 bits per heavy atom. The topological polar surface area (TPSA) is 39.4 Å². The fourth-order valence-corrected chi connectivity index (χ4v) is 5.20. The number of fused-ring (bicyclic) bond motifs is 3. The molecule has 6 heterocycles. The van der Waals surface area contributed by atoms with Crippen molar-refractivity contribution in [1.29, 1.82) is 0 Å². The maximum absolute atomic E-state index is 12.1. The van der Waals surface area contributed by atoms with Crippen LogP contribution in [0.25, 0.3) is 10.9 Å². The highest BCUT2D eigenvalue weighted by atomic mass is 16.5. The molecule has 5 saturated heterocycles. The Bertz CT molecular complexity index is 777. The van der Waals surface area contributed by atoms with Crippen LogP contribution in [0.4, 0.5) is 0 Å². The van der Waals surface area contributed by atoms with Crippen LogP contribution in [0, 0.1) is 11.1 Å². The summed E-state index contributed by atoms with van der Waals surface area (Å²) in [6.07, 6.45) is 5.30. The number of nitrogens with zero attached hydrogens (tertiary/aromatic N) is 2. The van der Waals surface area contributed by atoms with Crippen LogP contribution in [0.2, 0.25) is 0 Å². The number of hydrogen-bond donors (Lipinski definition) is 0. The number of piperidine rings is 3. The van der Waals surface area contributed by atoms with Gasteiger partial charge in [0.1, 0.15) is 0 Å². The zero-order valence-corrected chi connectivity index (χ0v) is 13.4. The molecule has 4 unspecified atom stereocenters. The van der Waals surface area contributed by atoms with Crippen molar-refractivity contribution >= 4 is 10.9 Å². The summed E-state index contributed by atoms with van der Waals surface area (Å²) in [5.41, 5.74) is 1.93. The van der Waals surface area contributed by atoms with Gasteiger partial charge in [-0.15, -0.1) is 0 Å². The molecule has 5 aliphatic rings. The second kappa shape index (κ2) is 4.68. The summed E-state index contributed by atoms with van der Waals surface area (Å²) in [4.78, 5) is 2.63. The van der Waals surface area contributed by atoms with Crippen LogP contribution < -0.4 is 4.73 Å². The molecule has 120 valence electrons. The molecule has 0 amide bonds. The van der Waals surface area contributed by atoms with Crippen LogP contribution in [-0.2, 0) is 4.74 Å². The number of hydrogen-bond acceptors (Lipinski definition) is 3. The van der Waals surface area contributed by atoms with Gasteiger partial charge >= 0.3 is 0 Å². The Morgan fingerprint density at radius 3 is 3.00 bits per heavy atom. The number of para-hydroxylation sites is 1. The van der Waals surface area contributed by atoms with Gasteiger partial charge in [0.25, 0.3) is 0 Å². The van der Waals surface area contributed by atoms with Crippen molar-refractivity contribution in [3.05, 3.63) is 47.3 Å². The third kappa shape index (κ3) is 1.76. The van der Waals surface area contributed by atoms with Gasteiger partial charge < -0.3 is 9.94 Å². The summed E-state index contributed by atoms with van der Waals surface area (Å²) < 4.78 is 7.70. The Labute approximate surface area is 136 Å². The van der Waals surface area contributed by atoms with Crippen molar-refractivity contribution in [3.63, 3.8) is 0 Å². The molecule has 4 heteroatoms. The lowest BCUT2D eigenvalue weighted by atomic mass is 9.66. The summed E-state index contributed by atoms with van der Waals surface area (Å²) >= 11 is 0.